The molecule has 120 valence electrons. The molecule has 0 unspecified atom stereocenters. The number of rotatable bonds is 5. The average Bonchev–Trinajstić information content (AvgIpc) is 3.04. The lowest BCUT2D eigenvalue weighted by Crippen LogP contribution is -2.35. The van der Waals surface area contributed by atoms with Crippen LogP contribution in [0.4, 0.5) is 0 Å². The predicted molar refractivity (Wildman–Crippen MR) is 82.3 cm³/mol. The van der Waals surface area contributed by atoms with Crippen molar-refractivity contribution in [2.24, 2.45) is 11.3 Å². The molecule has 0 radical (unpaired) electrons. The third-order valence-corrected chi connectivity index (χ3v) is 4.86. The summed E-state index contributed by atoms with van der Waals surface area (Å²) in [7, 11) is 0. The zero-order valence-corrected chi connectivity index (χ0v) is 13.1. The summed E-state index contributed by atoms with van der Waals surface area (Å²) < 4.78 is 11.4. The Morgan fingerprint density at radius 3 is 3.05 bits per heavy atom. The van der Waals surface area contributed by atoms with Gasteiger partial charge >= 0.3 is 5.97 Å². The summed E-state index contributed by atoms with van der Waals surface area (Å²) in [5.74, 6) is 0.276. The van der Waals surface area contributed by atoms with Gasteiger partial charge in [0.25, 0.3) is 0 Å². The van der Waals surface area contributed by atoms with Gasteiger partial charge in [-0.05, 0) is 23.6 Å². The molecule has 22 heavy (non-hydrogen) atoms. The highest BCUT2D eigenvalue weighted by atomic mass is 16.5. The van der Waals surface area contributed by atoms with Gasteiger partial charge in [0.15, 0.2) is 0 Å². The normalized spacial score (nSPS) is 26.8. The van der Waals surface area contributed by atoms with E-state index in [9.17, 15) is 4.79 Å². The molecule has 2 saturated heterocycles. The molecule has 5 heteroatoms. The fourth-order valence-corrected chi connectivity index (χ4v) is 3.65. The van der Waals surface area contributed by atoms with E-state index in [0.717, 1.165) is 26.3 Å². The smallest absolute Gasteiger partial charge is 0.335 e. The first kappa shape index (κ1) is 15.3. The Morgan fingerprint density at radius 1 is 1.45 bits per heavy atom. The van der Waals surface area contributed by atoms with Gasteiger partial charge in [0.05, 0.1) is 18.8 Å². The summed E-state index contributed by atoms with van der Waals surface area (Å²) >= 11 is 0. The van der Waals surface area contributed by atoms with Crippen LogP contribution in [0.15, 0.2) is 24.3 Å². The van der Waals surface area contributed by atoms with E-state index >= 15 is 0 Å². The predicted octanol–water partition coefficient (Wildman–Crippen LogP) is 2.12. The van der Waals surface area contributed by atoms with Crippen molar-refractivity contribution in [3.05, 3.63) is 29.8 Å². The van der Waals surface area contributed by atoms with Crippen LogP contribution in [0.1, 0.15) is 24.2 Å². The standard InChI is InChI=1S/C17H23NO4/c1-17(2)11-18(15-10-21-9-14(15)17)6-7-22-13-5-3-4-12(8-13)16(19)20/h3-5,8,14-15H,6-7,9-11H2,1-2H3,(H,19,20)/t14-,15+/m0/s1. The van der Waals surface area contributed by atoms with Crippen LogP contribution in [0, 0.1) is 11.3 Å². The fourth-order valence-electron chi connectivity index (χ4n) is 3.65. The summed E-state index contributed by atoms with van der Waals surface area (Å²) in [6.45, 7) is 8.73. The Kier molecular flexibility index (Phi) is 4.10. The molecule has 0 bridgehead atoms. The summed E-state index contributed by atoms with van der Waals surface area (Å²) in [4.78, 5) is 13.4. The van der Waals surface area contributed by atoms with Crippen molar-refractivity contribution in [1.29, 1.82) is 0 Å². The molecule has 0 amide bonds. The molecular weight excluding hydrogens is 282 g/mol. The van der Waals surface area contributed by atoms with E-state index in [-0.39, 0.29) is 11.0 Å². The maximum Gasteiger partial charge on any atom is 0.335 e. The van der Waals surface area contributed by atoms with Gasteiger partial charge in [0.1, 0.15) is 12.4 Å². The number of carbonyl (C=O) groups is 1. The molecule has 1 N–H and O–H groups in total. The second kappa shape index (κ2) is 5.89. The minimum atomic E-state index is -0.933. The highest BCUT2D eigenvalue weighted by molar-refractivity contribution is 5.87. The number of hydrogen-bond donors (Lipinski definition) is 1. The van der Waals surface area contributed by atoms with E-state index in [2.05, 4.69) is 18.7 Å². The molecule has 3 rings (SSSR count). The van der Waals surface area contributed by atoms with E-state index in [1.807, 2.05) is 0 Å². The molecule has 2 fully saturated rings. The topological polar surface area (TPSA) is 59.0 Å². The number of aromatic carboxylic acids is 1. The number of benzene rings is 1. The van der Waals surface area contributed by atoms with Gasteiger partial charge in [-0.2, -0.15) is 0 Å². The first-order chi connectivity index (χ1) is 10.5. The molecule has 0 aromatic heterocycles. The quantitative estimate of drug-likeness (QED) is 0.903. The lowest BCUT2D eigenvalue weighted by molar-refractivity contribution is 0.0696. The van der Waals surface area contributed by atoms with Gasteiger partial charge in [-0.25, -0.2) is 4.79 Å². The van der Waals surface area contributed by atoms with Crippen LogP contribution in [0.2, 0.25) is 0 Å². The first-order valence-electron chi connectivity index (χ1n) is 7.75. The summed E-state index contributed by atoms with van der Waals surface area (Å²) in [5, 5.41) is 8.99. The number of carboxylic acids is 1. The third-order valence-electron chi connectivity index (χ3n) is 4.86. The minimum Gasteiger partial charge on any atom is -0.492 e. The first-order valence-corrected chi connectivity index (χ1v) is 7.75. The Hall–Kier alpha value is -1.59. The summed E-state index contributed by atoms with van der Waals surface area (Å²) in [6, 6.07) is 7.13. The Morgan fingerprint density at radius 2 is 2.27 bits per heavy atom. The molecule has 2 aliphatic heterocycles. The van der Waals surface area contributed by atoms with Crippen molar-refractivity contribution in [3.8, 4) is 5.75 Å². The van der Waals surface area contributed by atoms with Crippen LogP contribution in [-0.4, -0.2) is 54.9 Å². The summed E-state index contributed by atoms with van der Waals surface area (Å²) in [5.41, 5.74) is 0.536. The van der Waals surface area contributed by atoms with E-state index in [4.69, 9.17) is 14.6 Å². The zero-order valence-electron chi connectivity index (χ0n) is 13.1. The largest absolute Gasteiger partial charge is 0.492 e. The highest BCUT2D eigenvalue weighted by Crippen LogP contribution is 2.42. The molecule has 0 aliphatic carbocycles. The van der Waals surface area contributed by atoms with Gasteiger partial charge in [-0.3, -0.25) is 4.90 Å². The molecule has 0 saturated carbocycles. The molecule has 5 nitrogen and oxygen atoms in total. The molecule has 2 aliphatic rings. The summed E-state index contributed by atoms with van der Waals surface area (Å²) in [6.07, 6.45) is 0. The Labute approximate surface area is 130 Å². The van der Waals surface area contributed by atoms with Crippen LogP contribution in [0.3, 0.4) is 0 Å². The van der Waals surface area contributed by atoms with Crippen molar-refractivity contribution in [3.63, 3.8) is 0 Å². The van der Waals surface area contributed by atoms with Crippen molar-refractivity contribution < 1.29 is 19.4 Å². The number of hydrogen-bond acceptors (Lipinski definition) is 4. The van der Waals surface area contributed by atoms with E-state index in [1.165, 1.54) is 0 Å². The molecule has 1 aromatic carbocycles. The third kappa shape index (κ3) is 2.96. The highest BCUT2D eigenvalue weighted by Gasteiger charge is 2.49. The maximum absolute atomic E-state index is 11.0. The molecule has 2 atom stereocenters. The molecular formula is C17H23NO4. The van der Waals surface area contributed by atoms with Gasteiger partial charge in [-0.15, -0.1) is 0 Å². The van der Waals surface area contributed by atoms with Crippen molar-refractivity contribution in [2.45, 2.75) is 19.9 Å². The van der Waals surface area contributed by atoms with Crippen LogP contribution in [-0.2, 0) is 4.74 Å². The van der Waals surface area contributed by atoms with E-state index in [1.54, 1.807) is 24.3 Å². The lowest BCUT2D eigenvalue weighted by Gasteiger charge is -2.24. The molecule has 2 heterocycles. The number of likely N-dealkylation sites (tertiary alicyclic amines) is 1. The number of carboxylic acid groups (broad SMARTS) is 1. The zero-order chi connectivity index (χ0) is 15.7. The number of nitrogens with zero attached hydrogens (tertiary/aromatic N) is 1. The second-order valence-corrected chi connectivity index (χ2v) is 6.85. The number of fused-ring (bicyclic) bond motifs is 1. The monoisotopic (exact) mass is 305 g/mol. The van der Waals surface area contributed by atoms with E-state index < -0.39 is 5.97 Å². The van der Waals surface area contributed by atoms with Gasteiger partial charge in [0.2, 0.25) is 0 Å². The molecule has 0 spiro atoms. The van der Waals surface area contributed by atoms with Crippen LogP contribution in [0.25, 0.3) is 0 Å². The van der Waals surface area contributed by atoms with Gasteiger partial charge < -0.3 is 14.6 Å². The van der Waals surface area contributed by atoms with Crippen LogP contribution < -0.4 is 4.74 Å². The van der Waals surface area contributed by atoms with Gasteiger partial charge in [-0.1, -0.05) is 19.9 Å². The van der Waals surface area contributed by atoms with E-state index in [0.29, 0.717) is 24.3 Å². The van der Waals surface area contributed by atoms with Crippen molar-refractivity contribution in [2.75, 3.05) is 32.9 Å². The molecule has 1 aromatic rings. The van der Waals surface area contributed by atoms with Gasteiger partial charge in [0, 0.05) is 25.0 Å². The number of ether oxygens (including phenoxy) is 2. The van der Waals surface area contributed by atoms with Crippen LogP contribution >= 0.6 is 0 Å². The SMILES string of the molecule is CC1(C)CN(CCOc2cccc(C(=O)O)c2)[C@@H]2COC[C@@H]21. The average molecular weight is 305 g/mol. The Bertz CT molecular complexity index is 557. The van der Waals surface area contributed by atoms with Crippen molar-refractivity contribution in [1.82, 2.24) is 4.90 Å². The second-order valence-electron chi connectivity index (χ2n) is 6.85. The maximum atomic E-state index is 11.0. The van der Waals surface area contributed by atoms with Crippen molar-refractivity contribution >= 4 is 5.97 Å². The van der Waals surface area contributed by atoms with Crippen LogP contribution in [0.5, 0.6) is 5.75 Å². The minimum absolute atomic E-state index is 0.254. The lowest BCUT2D eigenvalue weighted by atomic mass is 9.80. The fraction of sp³-hybridized carbons (Fsp3) is 0.588. The Balaban J connectivity index is 1.55.